The van der Waals surface area contributed by atoms with E-state index in [4.69, 9.17) is 4.74 Å². The lowest BCUT2D eigenvalue weighted by Gasteiger charge is -2.03. The van der Waals surface area contributed by atoms with Crippen LogP contribution in [0.25, 0.3) is 0 Å². The molecular weight excluding hydrogens is 274 g/mol. The van der Waals surface area contributed by atoms with E-state index in [2.05, 4.69) is 39.4 Å². The van der Waals surface area contributed by atoms with Crippen molar-refractivity contribution in [2.75, 3.05) is 6.61 Å². The Morgan fingerprint density at radius 3 is 2.32 bits per heavy atom. The fourth-order valence-electron chi connectivity index (χ4n) is 2.24. The molecular formula is C18H19N3O. The summed E-state index contributed by atoms with van der Waals surface area (Å²) in [6.07, 6.45) is 2.54. The Kier molecular flexibility index (Phi) is 4.82. The highest BCUT2D eigenvalue weighted by Gasteiger charge is 2.04. The average molecular weight is 293 g/mol. The molecule has 0 fully saturated rings. The predicted molar refractivity (Wildman–Crippen MR) is 85.9 cm³/mol. The first-order valence-corrected chi connectivity index (χ1v) is 7.52. The Balaban J connectivity index is 1.45. The quantitative estimate of drug-likeness (QED) is 0.727. The van der Waals surface area contributed by atoms with Crippen molar-refractivity contribution in [3.63, 3.8) is 0 Å². The van der Waals surface area contributed by atoms with E-state index in [9.17, 15) is 0 Å². The molecule has 112 valence electrons. The molecule has 0 aliphatic heterocycles. The smallest absolute Gasteiger partial charge is 0.154 e. The molecule has 0 aliphatic rings. The number of hydrogen-bond acceptors (Lipinski definition) is 3. The van der Waals surface area contributed by atoms with Gasteiger partial charge in [-0.2, -0.15) is 5.10 Å². The minimum absolute atomic E-state index is 0.583. The van der Waals surface area contributed by atoms with Gasteiger partial charge >= 0.3 is 0 Å². The highest BCUT2D eigenvalue weighted by molar-refractivity contribution is 5.21. The van der Waals surface area contributed by atoms with Gasteiger partial charge in [0.15, 0.2) is 5.82 Å². The van der Waals surface area contributed by atoms with Crippen molar-refractivity contribution < 1.29 is 4.74 Å². The number of aromatic nitrogens is 3. The molecule has 2 aromatic carbocycles. The third-order valence-corrected chi connectivity index (χ3v) is 3.41. The molecule has 0 amide bonds. The molecule has 0 atom stereocenters. The Hall–Kier alpha value is -2.62. The maximum Gasteiger partial charge on any atom is 0.154 e. The minimum atomic E-state index is 0.583. The maximum absolute atomic E-state index is 5.65. The Morgan fingerprint density at radius 2 is 1.55 bits per heavy atom. The first kappa shape index (κ1) is 14.3. The summed E-state index contributed by atoms with van der Waals surface area (Å²) in [5.41, 5.74) is 1.31. The first-order valence-electron chi connectivity index (χ1n) is 7.52. The monoisotopic (exact) mass is 293 g/mol. The lowest BCUT2D eigenvalue weighted by atomic mass is 10.1. The molecule has 0 unspecified atom stereocenters. The fourth-order valence-corrected chi connectivity index (χ4v) is 2.24. The standard InChI is InChI=1S/C18H19N3O/c1-3-7-15(8-4-1)11-12-17-19-18(21-20-17)13-14-22-16-9-5-2-6-10-16/h1-10H,11-14H2,(H,19,20,21). The van der Waals surface area contributed by atoms with Crippen LogP contribution in [0.15, 0.2) is 60.7 Å². The summed E-state index contributed by atoms with van der Waals surface area (Å²) in [4.78, 5) is 4.51. The third kappa shape index (κ3) is 4.19. The molecule has 0 aliphatic carbocycles. The van der Waals surface area contributed by atoms with E-state index in [0.29, 0.717) is 13.0 Å². The van der Waals surface area contributed by atoms with Crippen LogP contribution in [0.1, 0.15) is 17.2 Å². The first-order chi connectivity index (χ1) is 10.9. The van der Waals surface area contributed by atoms with Crippen LogP contribution >= 0.6 is 0 Å². The Labute approximate surface area is 130 Å². The summed E-state index contributed by atoms with van der Waals surface area (Å²) in [5, 5.41) is 7.25. The van der Waals surface area contributed by atoms with Crippen LogP contribution in [-0.4, -0.2) is 21.8 Å². The van der Waals surface area contributed by atoms with Crippen molar-refractivity contribution in [1.29, 1.82) is 0 Å². The molecule has 0 saturated heterocycles. The highest BCUT2D eigenvalue weighted by Crippen LogP contribution is 2.09. The summed E-state index contributed by atoms with van der Waals surface area (Å²) < 4.78 is 5.65. The second-order valence-electron chi connectivity index (χ2n) is 5.10. The van der Waals surface area contributed by atoms with E-state index in [1.165, 1.54) is 5.56 Å². The molecule has 0 saturated carbocycles. The van der Waals surface area contributed by atoms with Crippen molar-refractivity contribution in [2.45, 2.75) is 19.3 Å². The summed E-state index contributed by atoms with van der Waals surface area (Å²) in [7, 11) is 0. The number of H-pyrrole nitrogens is 1. The van der Waals surface area contributed by atoms with E-state index in [1.54, 1.807) is 0 Å². The zero-order chi connectivity index (χ0) is 15.0. The topological polar surface area (TPSA) is 50.8 Å². The van der Waals surface area contributed by atoms with Gasteiger partial charge in [0.25, 0.3) is 0 Å². The van der Waals surface area contributed by atoms with Gasteiger partial charge in [-0.05, 0) is 24.1 Å². The maximum atomic E-state index is 5.65. The van der Waals surface area contributed by atoms with Crippen molar-refractivity contribution in [2.24, 2.45) is 0 Å². The lowest BCUT2D eigenvalue weighted by molar-refractivity contribution is 0.319. The number of para-hydroxylation sites is 1. The second-order valence-corrected chi connectivity index (χ2v) is 5.10. The van der Waals surface area contributed by atoms with E-state index in [1.807, 2.05) is 36.4 Å². The van der Waals surface area contributed by atoms with E-state index >= 15 is 0 Å². The molecule has 4 nitrogen and oxygen atoms in total. The number of rotatable bonds is 7. The van der Waals surface area contributed by atoms with Crippen LogP contribution in [-0.2, 0) is 19.3 Å². The van der Waals surface area contributed by atoms with Gasteiger partial charge in [-0.1, -0.05) is 48.5 Å². The third-order valence-electron chi connectivity index (χ3n) is 3.41. The summed E-state index contributed by atoms with van der Waals surface area (Å²) in [5.74, 6) is 2.61. The van der Waals surface area contributed by atoms with Gasteiger partial charge in [-0.15, -0.1) is 0 Å². The molecule has 0 radical (unpaired) electrons. The van der Waals surface area contributed by atoms with Crippen molar-refractivity contribution in [3.8, 4) is 5.75 Å². The van der Waals surface area contributed by atoms with Gasteiger partial charge in [-0.3, -0.25) is 5.10 Å². The van der Waals surface area contributed by atoms with Gasteiger partial charge in [0.05, 0.1) is 6.61 Å². The van der Waals surface area contributed by atoms with Gasteiger partial charge in [0.1, 0.15) is 11.6 Å². The SMILES string of the molecule is c1ccc(CCc2nc(CCOc3ccccc3)n[nH]2)cc1. The van der Waals surface area contributed by atoms with E-state index in [-0.39, 0.29) is 0 Å². The molecule has 0 bridgehead atoms. The molecule has 3 rings (SSSR count). The zero-order valence-electron chi connectivity index (χ0n) is 12.4. The van der Waals surface area contributed by atoms with Crippen molar-refractivity contribution in [3.05, 3.63) is 77.9 Å². The number of aryl methyl sites for hydroxylation is 2. The number of nitrogens with one attached hydrogen (secondary N) is 1. The lowest BCUT2D eigenvalue weighted by Crippen LogP contribution is -2.02. The highest BCUT2D eigenvalue weighted by atomic mass is 16.5. The minimum Gasteiger partial charge on any atom is -0.493 e. The number of benzene rings is 2. The molecule has 0 spiro atoms. The van der Waals surface area contributed by atoms with Crippen LogP contribution < -0.4 is 4.74 Å². The average Bonchev–Trinajstić information content (AvgIpc) is 3.03. The largest absolute Gasteiger partial charge is 0.493 e. The number of hydrogen-bond donors (Lipinski definition) is 1. The van der Waals surface area contributed by atoms with Gasteiger partial charge in [0.2, 0.25) is 0 Å². The molecule has 3 aromatic rings. The van der Waals surface area contributed by atoms with Crippen LogP contribution in [0.2, 0.25) is 0 Å². The van der Waals surface area contributed by atoms with E-state index < -0.39 is 0 Å². The number of nitrogens with zero attached hydrogens (tertiary/aromatic N) is 2. The molecule has 4 heteroatoms. The van der Waals surface area contributed by atoms with Crippen LogP contribution in [0.4, 0.5) is 0 Å². The summed E-state index contributed by atoms with van der Waals surface area (Å²) in [6, 6.07) is 20.2. The zero-order valence-corrected chi connectivity index (χ0v) is 12.4. The van der Waals surface area contributed by atoms with Crippen LogP contribution in [0.5, 0.6) is 5.75 Å². The molecule has 22 heavy (non-hydrogen) atoms. The van der Waals surface area contributed by atoms with Crippen molar-refractivity contribution in [1.82, 2.24) is 15.2 Å². The molecule has 1 aromatic heterocycles. The second kappa shape index (κ2) is 7.41. The number of ether oxygens (including phenoxy) is 1. The number of aromatic amines is 1. The van der Waals surface area contributed by atoms with Gasteiger partial charge in [0, 0.05) is 12.8 Å². The van der Waals surface area contributed by atoms with E-state index in [0.717, 1.165) is 30.2 Å². The van der Waals surface area contributed by atoms with Gasteiger partial charge in [-0.25, -0.2) is 4.98 Å². The summed E-state index contributed by atoms with van der Waals surface area (Å²) >= 11 is 0. The van der Waals surface area contributed by atoms with Crippen molar-refractivity contribution >= 4 is 0 Å². The fraction of sp³-hybridized carbons (Fsp3) is 0.222. The van der Waals surface area contributed by atoms with Gasteiger partial charge < -0.3 is 4.74 Å². The predicted octanol–water partition coefficient (Wildman–Crippen LogP) is 3.21. The summed E-state index contributed by atoms with van der Waals surface area (Å²) in [6.45, 7) is 0.583. The Bertz CT molecular complexity index is 680. The Morgan fingerprint density at radius 1 is 0.818 bits per heavy atom. The molecule has 1 heterocycles. The van der Waals surface area contributed by atoms with Crippen LogP contribution in [0, 0.1) is 0 Å². The van der Waals surface area contributed by atoms with Crippen LogP contribution in [0.3, 0.4) is 0 Å². The normalized spacial score (nSPS) is 10.5. The molecule has 1 N–H and O–H groups in total.